The molecule has 9 nitrogen and oxygen atoms in total. The van der Waals surface area contributed by atoms with Crippen LogP contribution in [0.3, 0.4) is 0 Å². The van der Waals surface area contributed by atoms with Crippen molar-refractivity contribution in [2.75, 3.05) is 19.5 Å². The molecule has 34 heavy (non-hydrogen) atoms. The highest BCUT2D eigenvalue weighted by Crippen LogP contribution is 2.43. The molecule has 0 bridgehead atoms. The molecule has 2 N–H and O–H groups in total. The maximum atomic E-state index is 6.93. The number of imidazole rings is 1. The van der Waals surface area contributed by atoms with E-state index < -0.39 is 22.9 Å². The third-order valence-corrected chi connectivity index (χ3v) is 16.8. The van der Waals surface area contributed by atoms with Crippen LogP contribution in [0.15, 0.2) is 12.7 Å². The minimum absolute atomic E-state index is 0.0393. The number of fused-ring (bicyclic) bond motifs is 1. The van der Waals surface area contributed by atoms with Gasteiger partial charge in [0.2, 0.25) is 0 Å². The molecule has 2 aromatic heterocycles. The molecule has 3 rings (SSSR count). The lowest BCUT2D eigenvalue weighted by molar-refractivity contribution is -0.0570. The fraction of sp³-hybridized carbons (Fsp3) is 0.783. The van der Waals surface area contributed by atoms with Gasteiger partial charge in [-0.1, -0.05) is 41.5 Å². The summed E-state index contributed by atoms with van der Waals surface area (Å²) in [5.74, 6) is 0.336. The second-order valence-corrected chi connectivity index (χ2v) is 21.8. The number of ether oxygens (including phenoxy) is 2. The van der Waals surface area contributed by atoms with Gasteiger partial charge in [0.25, 0.3) is 0 Å². The summed E-state index contributed by atoms with van der Waals surface area (Å²) < 4.78 is 28.1. The van der Waals surface area contributed by atoms with E-state index in [9.17, 15) is 0 Å². The number of nitrogens with two attached hydrogens (primary N) is 1. The SMILES string of the molecule is CO[C@@H]1[C@H](O[Si](C)(C)C(C)(C)C)[C@@H](CO[Si](C)(C)C(C)(C)C)O[C@H]1n1cnc2c(N)ncnc21. The van der Waals surface area contributed by atoms with Gasteiger partial charge >= 0.3 is 0 Å². The average Bonchev–Trinajstić information content (AvgIpc) is 3.26. The summed E-state index contributed by atoms with van der Waals surface area (Å²) in [4.78, 5) is 12.9. The van der Waals surface area contributed by atoms with Crippen LogP contribution in [0.5, 0.6) is 0 Å². The highest BCUT2D eigenvalue weighted by molar-refractivity contribution is 6.74. The van der Waals surface area contributed by atoms with Gasteiger partial charge in [0.1, 0.15) is 30.2 Å². The second-order valence-electron chi connectivity index (χ2n) is 12.3. The number of methoxy groups -OCH3 is 1. The molecule has 2 aromatic rings. The molecule has 1 aliphatic rings. The summed E-state index contributed by atoms with van der Waals surface area (Å²) in [6.45, 7) is 22.9. The summed E-state index contributed by atoms with van der Waals surface area (Å²) >= 11 is 0. The van der Waals surface area contributed by atoms with E-state index in [0.29, 0.717) is 23.6 Å². The van der Waals surface area contributed by atoms with E-state index in [1.807, 2.05) is 4.57 Å². The summed E-state index contributed by atoms with van der Waals surface area (Å²) in [6.07, 6.45) is 1.69. The van der Waals surface area contributed by atoms with Gasteiger partial charge in [-0.2, -0.15) is 0 Å². The van der Waals surface area contributed by atoms with Gasteiger partial charge in [-0.15, -0.1) is 0 Å². The van der Waals surface area contributed by atoms with E-state index in [1.54, 1.807) is 13.4 Å². The number of nitrogen functional groups attached to an aromatic ring is 1. The first-order valence-corrected chi connectivity index (χ1v) is 17.7. The average molecular weight is 510 g/mol. The Balaban J connectivity index is 1.98. The first-order valence-electron chi connectivity index (χ1n) is 11.9. The number of rotatable bonds is 7. The third-order valence-electron chi connectivity index (χ3n) is 7.87. The molecule has 11 heteroatoms. The van der Waals surface area contributed by atoms with Crippen LogP contribution in [0.4, 0.5) is 5.82 Å². The first-order chi connectivity index (χ1) is 15.5. The quantitative estimate of drug-likeness (QED) is 0.534. The monoisotopic (exact) mass is 509 g/mol. The molecule has 0 spiro atoms. The molecule has 3 heterocycles. The number of anilines is 1. The van der Waals surface area contributed by atoms with Gasteiger partial charge < -0.3 is 24.1 Å². The molecule has 0 unspecified atom stereocenters. The predicted molar refractivity (Wildman–Crippen MR) is 140 cm³/mol. The van der Waals surface area contributed by atoms with Gasteiger partial charge in [-0.25, -0.2) is 15.0 Å². The van der Waals surface area contributed by atoms with Crippen molar-refractivity contribution in [2.45, 2.75) is 102 Å². The van der Waals surface area contributed by atoms with Crippen LogP contribution in [-0.4, -0.2) is 68.2 Å². The maximum Gasteiger partial charge on any atom is 0.192 e. The molecule has 0 aromatic carbocycles. The maximum absolute atomic E-state index is 6.93. The molecular weight excluding hydrogens is 466 g/mol. The largest absolute Gasteiger partial charge is 0.414 e. The van der Waals surface area contributed by atoms with Gasteiger partial charge in [0, 0.05) is 7.11 Å². The smallest absolute Gasteiger partial charge is 0.192 e. The van der Waals surface area contributed by atoms with Crippen LogP contribution in [0.25, 0.3) is 11.2 Å². The van der Waals surface area contributed by atoms with Crippen LogP contribution in [0.1, 0.15) is 47.8 Å². The van der Waals surface area contributed by atoms with Gasteiger partial charge in [-0.05, 0) is 36.3 Å². The Hall–Kier alpha value is -1.38. The van der Waals surface area contributed by atoms with E-state index in [0.717, 1.165) is 0 Å². The molecule has 1 saturated heterocycles. The Kier molecular flexibility index (Phi) is 7.40. The van der Waals surface area contributed by atoms with Crippen molar-refractivity contribution in [3.63, 3.8) is 0 Å². The molecule has 0 radical (unpaired) electrons. The molecule has 0 amide bonds. The highest BCUT2D eigenvalue weighted by Gasteiger charge is 2.52. The topological polar surface area (TPSA) is 107 Å². The van der Waals surface area contributed by atoms with Gasteiger partial charge in [-0.3, -0.25) is 4.57 Å². The van der Waals surface area contributed by atoms with Crippen LogP contribution in [0.2, 0.25) is 36.3 Å². The van der Waals surface area contributed by atoms with Gasteiger partial charge in [0.05, 0.1) is 12.9 Å². The highest BCUT2D eigenvalue weighted by atomic mass is 28.4. The fourth-order valence-corrected chi connectivity index (χ4v) is 5.87. The van der Waals surface area contributed by atoms with Crippen LogP contribution in [0, 0.1) is 0 Å². The van der Waals surface area contributed by atoms with Crippen LogP contribution < -0.4 is 5.73 Å². The number of hydrogen-bond donors (Lipinski definition) is 1. The van der Waals surface area contributed by atoms with E-state index in [4.69, 9.17) is 24.1 Å². The zero-order valence-electron chi connectivity index (χ0n) is 22.7. The zero-order valence-corrected chi connectivity index (χ0v) is 24.7. The van der Waals surface area contributed by atoms with Crippen molar-refractivity contribution in [1.82, 2.24) is 19.5 Å². The number of aromatic nitrogens is 4. The van der Waals surface area contributed by atoms with E-state index >= 15 is 0 Å². The van der Waals surface area contributed by atoms with Crippen molar-refractivity contribution in [3.05, 3.63) is 12.7 Å². The Morgan fingerprint density at radius 2 is 1.59 bits per heavy atom. The molecule has 192 valence electrons. The summed E-state index contributed by atoms with van der Waals surface area (Å²) in [7, 11) is -2.43. The van der Waals surface area contributed by atoms with Crippen molar-refractivity contribution in [2.24, 2.45) is 0 Å². The lowest BCUT2D eigenvalue weighted by atomic mass is 10.1. The molecule has 1 aliphatic heterocycles. The van der Waals surface area contributed by atoms with Gasteiger partial charge in [0.15, 0.2) is 34.3 Å². The Labute approximate surface area is 206 Å². The molecule has 0 saturated carbocycles. The molecule has 4 atom stereocenters. The summed E-state index contributed by atoms with van der Waals surface area (Å²) in [5.41, 5.74) is 7.18. The normalized spacial score (nSPS) is 24.8. The van der Waals surface area contributed by atoms with Crippen molar-refractivity contribution in [1.29, 1.82) is 0 Å². The fourth-order valence-electron chi connectivity index (χ4n) is 3.54. The van der Waals surface area contributed by atoms with E-state index in [2.05, 4.69) is 82.7 Å². The minimum Gasteiger partial charge on any atom is -0.414 e. The van der Waals surface area contributed by atoms with Crippen molar-refractivity contribution >= 4 is 33.6 Å². The van der Waals surface area contributed by atoms with Crippen LogP contribution in [-0.2, 0) is 18.3 Å². The molecule has 0 aliphatic carbocycles. The predicted octanol–water partition coefficient (Wildman–Crippen LogP) is 4.73. The summed E-state index contributed by atoms with van der Waals surface area (Å²) in [5, 5.41) is 0.133. The Bertz CT molecular complexity index is 999. The standard InChI is InChI=1S/C23H43N5O4Si2/c1-22(2,3)33(8,9)30-12-15-17(32-34(10,11)23(4,5)6)18(29-7)21(31-15)28-14-27-16-19(24)25-13-26-20(16)28/h13-15,17-18,21H,12H2,1-11H3,(H2,24,25,26)/t15-,17-,18-,21-/m1/s1. The molecule has 1 fully saturated rings. The minimum atomic E-state index is -2.13. The zero-order chi connectivity index (χ0) is 25.7. The van der Waals surface area contributed by atoms with Crippen molar-refractivity contribution < 1.29 is 18.3 Å². The number of nitrogens with zero attached hydrogens (tertiary/aromatic N) is 4. The van der Waals surface area contributed by atoms with Crippen LogP contribution >= 0.6 is 0 Å². The third kappa shape index (κ3) is 5.10. The Morgan fingerprint density at radius 1 is 0.971 bits per heavy atom. The second kappa shape index (κ2) is 9.25. The van der Waals surface area contributed by atoms with E-state index in [1.165, 1.54) is 6.33 Å². The lowest BCUT2D eigenvalue weighted by Gasteiger charge is -2.41. The number of hydrogen-bond acceptors (Lipinski definition) is 8. The first kappa shape index (κ1) is 27.2. The van der Waals surface area contributed by atoms with Crippen molar-refractivity contribution in [3.8, 4) is 0 Å². The lowest BCUT2D eigenvalue weighted by Crippen LogP contribution is -2.51. The Morgan fingerprint density at radius 3 is 2.15 bits per heavy atom. The van der Waals surface area contributed by atoms with E-state index in [-0.39, 0.29) is 28.4 Å². The molecular formula is C23H43N5O4Si2. The summed E-state index contributed by atoms with van der Waals surface area (Å²) in [6, 6.07) is 0.